The second kappa shape index (κ2) is 5.82. The molecule has 1 saturated heterocycles. The monoisotopic (exact) mass is 232 g/mol. The molecule has 2 rings (SSSR count). The SMILES string of the molecule is CC1CCNCCN1C(=O)Cc1ccccc1. The number of nitrogens with one attached hydrogen (secondary N) is 1. The van der Waals surface area contributed by atoms with E-state index >= 15 is 0 Å². The number of benzene rings is 1. The van der Waals surface area contributed by atoms with Crippen LogP contribution in [0.15, 0.2) is 30.3 Å². The van der Waals surface area contributed by atoms with Crippen molar-refractivity contribution in [2.45, 2.75) is 25.8 Å². The summed E-state index contributed by atoms with van der Waals surface area (Å²) >= 11 is 0. The molecule has 0 saturated carbocycles. The molecule has 1 heterocycles. The Morgan fingerprint density at radius 3 is 2.88 bits per heavy atom. The van der Waals surface area contributed by atoms with Crippen LogP contribution in [0.1, 0.15) is 18.9 Å². The molecule has 1 aromatic carbocycles. The summed E-state index contributed by atoms with van der Waals surface area (Å²) in [5.74, 6) is 0.243. The van der Waals surface area contributed by atoms with E-state index in [9.17, 15) is 4.79 Å². The first-order valence-corrected chi connectivity index (χ1v) is 6.31. The Bertz CT molecular complexity index is 364. The summed E-state index contributed by atoms with van der Waals surface area (Å²) in [6.45, 7) is 4.88. The average Bonchev–Trinajstić information content (AvgIpc) is 2.55. The fourth-order valence-corrected chi connectivity index (χ4v) is 2.25. The number of rotatable bonds is 2. The zero-order valence-electron chi connectivity index (χ0n) is 10.4. The third-order valence-electron chi connectivity index (χ3n) is 3.32. The van der Waals surface area contributed by atoms with Crippen LogP contribution in [0.3, 0.4) is 0 Å². The maximum atomic E-state index is 12.2. The molecule has 0 aliphatic carbocycles. The zero-order valence-corrected chi connectivity index (χ0v) is 10.4. The minimum atomic E-state index is 0.243. The smallest absolute Gasteiger partial charge is 0.227 e. The fourth-order valence-electron chi connectivity index (χ4n) is 2.25. The zero-order chi connectivity index (χ0) is 12.1. The van der Waals surface area contributed by atoms with E-state index in [2.05, 4.69) is 12.2 Å². The van der Waals surface area contributed by atoms with Crippen molar-refractivity contribution in [1.29, 1.82) is 0 Å². The Labute approximate surface area is 103 Å². The van der Waals surface area contributed by atoms with Crippen molar-refractivity contribution in [2.24, 2.45) is 0 Å². The molecular formula is C14H20N2O. The summed E-state index contributed by atoms with van der Waals surface area (Å²) in [7, 11) is 0. The average molecular weight is 232 g/mol. The Hall–Kier alpha value is -1.35. The molecule has 17 heavy (non-hydrogen) atoms. The Balaban J connectivity index is 1.99. The first-order chi connectivity index (χ1) is 8.27. The van der Waals surface area contributed by atoms with Crippen LogP contribution in [0.5, 0.6) is 0 Å². The predicted octanol–water partition coefficient (Wildman–Crippen LogP) is 1.44. The van der Waals surface area contributed by atoms with Crippen molar-refractivity contribution in [3.05, 3.63) is 35.9 Å². The van der Waals surface area contributed by atoms with E-state index in [0.717, 1.165) is 31.6 Å². The molecule has 1 atom stereocenters. The van der Waals surface area contributed by atoms with E-state index in [-0.39, 0.29) is 5.91 Å². The van der Waals surface area contributed by atoms with Gasteiger partial charge in [-0.2, -0.15) is 0 Å². The first kappa shape index (κ1) is 12.1. The standard InChI is InChI=1S/C14H20N2O/c1-12-7-8-15-9-10-16(12)14(17)11-13-5-3-2-4-6-13/h2-6,12,15H,7-11H2,1H3. The van der Waals surface area contributed by atoms with Crippen LogP contribution < -0.4 is 5.32 Å². The van der Waals surface area contributed by atoms with E-state index in [4.69, 9.17) is 0 Å². The molecule has 3 heteroatoms. The lowest BCUT2D eigenvalue weighted by molar-refractivity contribution is -0.132. The van der Waals surface area contributed by atoms with Crippen molar-refractivity contribution < 1.29 is 4.79 Å². The number of carbonyl (C=O) groups excluding carboxylic acids is 1. The van der Waals surface area contributed by atoms with Crippen molar-refractivity contribution in [1.82, 2.24) is 10.2 Å². The van der Waals surface area contributed by atoms with E-state index in [1.807, 2.05) is 35.2 Å². The molecule has 92 valence electrons. The van der Waals surface area contributed by atoms with Gasteiger partial charge in [0.25, 0.3) is 0 Å². The van der Waals surface area contributed by atoms with Gasteiger partial charge in [-0.25, -0.2) is 0 Å². The number of hydrogen-bond donors (Lipinski definition) is 1. The Kier molecular flexibility index (Phi) is 4.15. The number of hydrogen-bond acceptors (Lipinski definition) is 2. The largest absolute Gasteiger partial charge is 0.338 e. The quantitative estimate of drug-likeness (QED) is 0.837. The van der Waals surface area contributed by atoms with Crippen LogP contribution in [0.25, 0.3) is 0 Å². The summed E-state index contributed by atoms with van der Waals surface area (Å²) < 4.78 is 0. The Morgan fingerprint density at radius 1 is 1.35 bits per heavy atom. The van der Waals surface area contributed by atoms with Crippen molar-refractivity contribution in [3.63, 3.8) is 0 Å². The first-order valence-electron chi connectivity index (χ1n) is 6.31. The topological polar surface area (TPSA) is 32.3 Å². The normalized spacial score (nSPS) is 21.0. The molecule has 1 amide bonds. The van der Waals surface area contributed by atoms with Gasteiger partial charge in [-0.15, -0.1) is 0 Å². The van der Waals surface area contributed by atoms with Gasteiger partial charge >= 0.3 is 0 Å². The summed E-state index contributed by atoms with van der Waals surface area (Å²) in [5.41, 5.74) is 1.10. The lowest BCUT2D eigenvalue weighted by Gasteiger charge is -2.26. The molecule has 1 unspecified atom stereocenters. The van der Waals surface area contributed by atoms with Gasteiger partial charge in [0.2, 0.25) is 5.91 Å². The highest BCUT2D eigenvalue weighted by Gasteiger charge is 2.21. The number of amides is 1. The van der Waals surface area contributed by atoms with Crippen LogP contribution in [-0.4, -0.2) is 36.5 Å². The summed E-state index contributed by atoms with van der Waals surface area (Å²) in [6.07, 6.45) is 1.56. The van der Waals surface area contributed by atoms with Gasteiger partial charge in [0.15, 0.2) is 0 Å². The molecule has 1 aliphatic rings. The molecule has 1 fully saturated rings. The van der Waals surface area contributed by atoms with Gasteiger partial charge in [0.1, 0.15) is 0 Å². The molecular weight excluding hydrogens is 212 g/mol. The van der Waals surface area contributed by atoms with E-state index in [0.29, 0.717) is 12.5 Å². The second-order valence-corrected chi connectivity index (χ2v) is 4.64. The molecule has 0 bridgehead atoms. The lowest BCUT2D eigenvalue weighted by Crippen LogP contribution is -2.40. The molecule has 1 aromatic rings. The molecule has 0 spiro atoms. The molecule has 0 aromatic heterocycles. The molecule has 0 radical (unpaired) electrons. The summed E-state index contributed by atoms with van der Waals surface area (Å²) in [4.78, 5) is 14.2. The van der Waals surface area contributed by atoms with Gasteiger partial charge in [-0.3, -0.25) is 4.79 Å². The highest BCUT2D eigenvalue weighted by atomic mass is 16.2. The van der Waals surface area contributed by atoms with Gasteiger partial charge in [-0.05, 0) is 25.5 Å². The molecule has 1 aliphatic heterocycles. The molecule has 3 nitrogen and oxygen atoms in total. The highest BCUT2D eigenvalue weighted by Crippen LogP contribution is 2.09. The fraction of sp³-hybridized carbons (Fsp3) is 0.500. The van der Waals surface area contributed by atoms with Crippen molar-refractivity contribution in [2.75, 3.05) is 19.6 Å². The number of nitrogens with zero attached hydrogens (tertiary/aromatic N) is 1. The predicted molar refractivity (Wildman–Crippen MR) is 68.8 cm³/mol. The number of carbonyl (C=O) groups is 1. The van der Waals surface area contributed by atoms with Gasteiger partial charge < -0.3 is 10.2 Å². The minimum absolute atomic E-state index is 0.243. The molecule has 1 N–H and O–H groups in total. The third kappa shape index (κ3) is 3.30. The van der Waals surface area contributed by atoms with E-state index < -0.39 is 0 Å². The van der Waals surface area contributed by atoms with Crippen LogP contribution >= 0.6 is 0 Å². The van der Waals surface area contributed by atoms with Crippen LogP contribution in [-0.2, 0) is 11.2 Å². The highest BCUT2D eigenvalue weighted by molar-refractivity contribution is 5.79. The van der Waals surface area contributed by atoms with Gasteiger partial charge in [0.05, 0.1) is 6.42 Å². The maximum absolute atomic E-state index is 12.2. The van der Waals surface area contributed by atoms with Gasteiger partial charge in [-0.1, -0.05) is 30.3 Å². The van der Waals surface area contributed by atoms with Gasteiger partial charge in [0, 0.05) is 19.1 Å². The minimum Gasteiger partial charge on any atom is -0.338 e. The third-order valence-corrected chi connectivity index (χ3v) is 3.32. The van der Waals surface area contributed by atoms with Crippen LogP contribution in [0, 0.1) is 0 Å². The van der Waals surface area contributed by atoms with Crippen molar-refractivity contribution >= 4 is 5.91 Å². The summed E-state index contributed by atoms with van der Waals surface area (Å²) in [6, 6.07) is 10.3. The Morgan fingerprint density at radius 2 is 2.12 bits per heavy atom. The maximum Gasteiger partial charge on any atom is 0.227 e. The van der Waals surface area contributed by atoms with E-state index in [1.165, 1.54) is 0 Å². The lowest BCUT2D eigenvalue weighted by atomic mass is 10.1. The summed E-state index contributed by atoms with van der Waals surface area (Å²) in [5, 5.41) is 3.33. The van der Waals surface area contributed by atoms with Crippen molar-refractivity contribution in [3.8, 4) is 0 Å². The second-order valence-electron chi connectivity index (χ2n) is 4.64. The van der Waals surface area contributed by atoms with Crippen LogP contribution in [0.4, 0.5) is 0 Å². The van der Waals surface area contributed by atoms with Crippen LogP contribution in [0.2, 0.25) is 0 Å². The van der Waals surface area contributed by atoms with E-state index in [1.54, 1.807) is 0 Å².